The van der Waals surface area contributed by atoms with Gasteiger partial charge in [0.15, 0.2) is 0 Å². The van der Waals surface area contributed by atoms with E-state index in [0.717, 1.165) is 26.6 Å². The molecule has 0 aliphatic rings. The highest BCUT2D eigenvalue weighted by molar-refractivity contribution is 7.92. The number of amides is 2. The number of benzene rings is 4. The topological polar surface area (TPSA) is 96.0 Å². The van der Waals surface area contributed by atoms with Crippen LogP contribution in [-0.2, 0) is 32.6 Å². The SMILES string of the molecule is COc1ccc(N(CC(=O)N(Cc2cccc(C)c2)[C@@H](Cc2ccccc2)C(=O)NC(C)(C)C)S(=O)(=O)c2ccc(C)cc2)cc1Cl. The van der Waals surface area contributed by atoms with Crippen LogP contribution in [-0.4, -0.2) is 50.4 Å². The molecule has 0 aliphatic heterocycles. The molecule has 4 rings (SSSR count). The van der Waals surface area contributed by atoms with Crippen LogP contribution in [0.1, 0.15) is 43.0 Å². The average molecular weight is 676 g/mol. The van der Waals surface area contributed by atoms with Crippen LogP contribution in [0.2, 0.25) is 5.02 Å². The molecule has 1 N–H and O–H groups in total. The van der Waals surface area contributed by atoms with Gasteiger partial charge in [-0.2, -0.15) is 0 Å². The Hall–Kier alpha value is -4.34. The molecule has 10 heteroatoms. The van der Waals surface area contributed by atoms with Crippen molar-refractivity contribution in [3.8, 4) is 5.75 Å². The number of carbonyl (C=O) groups is 2. The second-order valence-electron chi connectivity index (χ2n) is 12.6. The number of halogens is 1. The van der Waals surface area contributed by atoms with Crippen molar-refractivity contribution >= 4 is 39.1 Å². The first-order valence-corrected chi connectivity index (χ1v) is 17.1. The van der Waals surface area contributed by atoms with Gasteiger partial charge in [0.1, 0.15) is 18.3 Å². The fourth-order valence-corrected chi connectivity index (χ4v) is 6.85. The standard InChI is InChI=1S/C37H42ClN3O5S/c1-26-15-18-31(19-16-26)47(44,45)41(30-17-20-34(46-6)32(38)23-30)25-35(42)40(24-29-14-10-11-27(2)21-29)33(36(43)39-37(3,4)5)22-28-12-8-7-9-13-28/h7-21,23,33H,22,24-25H2,1-6H3,(H,39,43)/t33-/m0/s1. The molecule has 0 saturated heterocycles. The van der Waals surface area contributed by atoms with Crippen molar-refractivity contribution < 1.29 is 22.7 Å². The molecule has 248 valence electrons. The van der Waals surface area contributed by atoms with Gasteiger partial charge in [-0.3, -0.25) is 13.9 Å². The van der Waals surface area contributed by atoms with Crippen LogP contribution in [0.3, 0.4) is 0 Å². The second-order valence-corrected chi connectivity index (χ2v) is 14.9. The van der Waals surface area contributed by atoms with Crippen molar-refractivity contribution in [1.82, 2.24) is 10.2 Å². The van der Waals surface area contributed by atoms with Gasteiger partial charge in [-0.1, -0.05) is 89.5 Å². The van der Waals surface area contributed by atoms with Gasteiger partial charge in [0.2, 0.25) is 11.8 Å². The molecule has 0 heterocycles. The summed E-state index contributed by atoms with van der Waals surface area (Å²) < 4.78 is 34.8. The van der Waals surface area contributed by atoms with Crippen LogP contribution in [0, 0.1) is 13.8 Å². The summed E-state index contributed by atoms with van der Waals surface area (Å²) in [5.74, 6) is -0.542. The largest absolute Gasteiger partial charge is 0.495 e. The van der Waals surface area contributed by atoms with Gasteiger partial charge in [-0.15, -0.1) is 0 Å². The molecule has 0 radical (unpaired) electrons. The number of nitrogens with zero attached hydrogens (tertiary/aromatic N) is 2. The molecule has 2 amide bonds. The second kappa shape index (κ2) is 15.0. The molecule has 0 aromatic heterocycles. The zero-order valence-corrected chi connectivity index (χ0v) is 29.2. The Morgan fingerprint density at radius 3 is 2.11 bits per heavy atom. The lowest BCUT2D eigenvalue weighted by Crippen LogP contribution is -2.56. The third-order valence-corrected chi connectivity index (χ3v) is 9.60. The van der Waals surface area contributed by atoms with E-state index in [9.17, 15) is 18.0 Å². The fourth-order valence-electron chi connectivity index (χ4n) is 5.19. The summed E-state index contributed by atoms with van der Waals surface area (Å²) in [5, 5.41) is 3.23. The van der Waals surface area contributed by atoms with Crippen molar-refractivity contribution in [3.63, 3.8) is 0 Å². The van der Waals surface area contributed by atoms with E-state index in [4.69, 9.17) is 16.3 Å². The van der Waals surface area contributed by atoms with E-state index in [2.05, 4.69) is 5.32 Å². The maximum atomic E-state index is 14.6. The molecule has 1 atom stereocenters. The van der Waals surface area contributed by atoms with E-state index >= 15 is 0 Å². The van der Waals surface area contributed by atoms with Crippen LogP contribution in [0.15, 0.2) is 102 Å². The smallest absolute Gasteiger partial charge is 0.264 e. The first-order chi connectivity index (χ1) is 22.2. The number of sulfonamides is 1. The number of carbonyl (C=O) groups excluding carboxylic acids is 2. The normalized spacial score (nSPS) is 12.2. The van der Waals surface area contributed by atoms with Crippen LogP contribution >= 0.6 is 11.6 Å². The highest BCUT2D eigenvalue weighted by atomic mass is 35.5. The van der Waals surface area contributed by atoms with Gasteiger partial charge < -0.3 is 15.0 Å². The molecule has 47 heavy (non-hydrogen) atoms. The van der Waals surface area contributed by atoms with Crippen molar-refractivity contribution in [2.24, 2.45) is 0 Å². The summed E-state index contributed by atoms with van der Waals surface area (Å²) in [6.45, 7) is 8.93. The average Bonchev–Trinajstić information content (AvgIpc) is 3.01. The van der Waals surface area contributed by atoms with E-state index in [0.29, 0.717) is 5.75 Å². The zero-order valence-electron chi connectivity index (χ0n) is 27.7. The van der Waals surface area contributed by atoms with E-state index in [1.165, 1.54) is 30.2 Å². The molecule has 8 nitrogen and oxygen atoms in total. The lowest BCUT2D eigenvalue weighted by Gasteiger charge is -2.35. The van der Waals surface area contributed by atoms with E-state index < -0.39 is 34.1 Å². The monoisotopic (exact) mass is 675 g/mol. The van der Waals surface area contributed by atoms with Gasteiger partial charge >= 0.3 is 0 Å². The molecule has 0 aliphatic carbocycles. The van der Waals surface area contributed by atoms with Crippen LogP contribution in [0.4, 0.5) is 5.69 Å². The first kappa shape index (κ1) is 35.5. The molecule has 0 saturated carbocycles. The Balaban J connectivity index is 1.84. The molecule has 4 aromatic rings. The molecule has 0 unspecified atom stereocenters. The summed E-state index contributed by atoms with van der Waals surface area (Å²) in [7, 11) is -2.80. The predicted molar refractivity (Wildman–Crippen MR) is 187 cm³/mol. The summed E-state index contributed by atoms with van der Waals surface area (Å²) in [6, 6.07) is 27.1. The minimum absolute atomic E-state index is 0.0133. The Bertz CT molecular complexity index is 1810. The van der Waals surface area contributed by atoms with Gasteiger partial charge in [-0.05, 0) is 76.1 Å². The van der Waals surface area contributed by atoms with Crippen molar-refractivity contribution in [3.05, 3.63) is 124 Å². The van der Waals surface area contributed by atoms with E-state index in [1.807, 2.05) is 89.2 Å². The van der Waals surface area contributed by atoms with E-state index in [-0.39, 0.29) is 34.5 Å². The minimum atomic E-state index is -4.26. The lowest BCUT2D eigenvalue weighted by atomic mass is 10.0. The van der Waals surface area contributed by atoms with Crippen LogP contribution in [0.5, 0.6) is 5.75 Å². The minimum Gasteiger partial charge on any atom is -0.495 e. The number of ether oxygens (including phenoxy) is 1. The predicted octanol–water partition coefficient (Wildman–Crippen LogP) is 6.72. The summed E-state index contributed by atoms with van der Waals surface area (Å²) >= 11 is 6.46. The maximum Gasteiger partial charge on any atom is 0.264 e. The number of nitrogens with one attached hydrogen (secondary N) is 1. The summed E-state index contributed by atoms with van der Waals surface area (Å²) in [4.78, 5) is 30.2. The third kappa shape index (κ3) is 9.36. The van der Waals surface area contributed by atoms with E-state index in [1.54, 1.807) is 24.3 Å². The number of aryl methyl sites for hydroxylation is 2. The molecule has 4 aromatic carbocycles. The number of rotatable bonds is 12. The highest BCUT2D eigenvalue weighted by Gasteiger charge is 2.35. The Morgan fingerprint density at radius 2 is 1.51 bits per heavy atom. The van der Waals surface area contributed by atoms with Gasteiger partial charge in [0, 0.05) is 18.5 Å². The fraction of sp³-hybridized carbons (Fsp3) is 0.297. The Morgan fingerprint density at radius 1 is 0.851 bits per heavy atom. The molecule has 0 bridgehead atoms. The third-order valence-electron chi connectivity index (χ3n) is 7.52. The molecule has 0 fully saturated rings. The Kier molecular flexibility index (Phi) is 11.4. The number of hydrogen-bond acceptors (Lipinski definition) is 5. The highest BCUT2D eigenvalue weighted by Crippen LogP contribution is 2.32. The summed E-state index contributed by atoms with van der Waals surface area (Å²) in [6.07, 6.45) is 0.222. The molecule has 0 spiro atoms. The maximum absolute atomic E-state index is 14.6. The van der Waals surface area contributed by atoms with Crippen molar-refractivity contribution in [2.45, 2.75) is 64.1 Å². The molecular weight excluding hydrogens is 634 g/mol. The number of anilines is 1. The Labute approximate surface area is 283 Å². The quantitative estimate of drug-likeness (QED) is 0.180. The van der Waals surface area contributed by atoms with Crippen molar-refractivity contribution in [2.75, 3.05) is 18.0 Å². The lowest BCUT2D eigenvalue weighted by molar-refractivity contribution is -0.140. The van der Waals surface area contributed by atoms with Gasteiger partial charge in [-0.25, -0.2) is 8.42 Å². The van der Waals surface area contributed by atoms with Crippen LogP contribution in [0.25, 0.3) is 0 Å². The number of methoxy groups -OCH3 is 1. The summed E-state index contributed by atoms with van der Waals surface area (Å²) in [5.41, 5.74) is 3.14. The first-order valence-electron chi connectivity index (χ1n) is 15.3. The number of hydrogen-bond donors (Lipinski definition) is 1. The van der Waals surface area contributed by atoms with Crippen molar-refractivity contribution in [1.29, 1.82) is 0 Å². The van der Waals surface area contributed by atoms with Gasteiger partial charge in [0.25, 0.3) is 10.0 Å². The van der Waals surface area contributed by atoms with Gasteiger partial charge in [0.05, 0.1) is 22.7 Å². The zero-order chi connectivity index (χ0) is 34.4. The van der Waals surface area contributed by atoms with Crippen LogP contribution < -0.4 is 14.4 Å². The molecular formula is C37H42ClN3O5S.